The van der Waals surface area contributed by atoms with Crippen molar-refractivity contribution in [1.82, 2.24) is 14.8 Å². The monoisotopic (exact) mass is 230 g/mol. The van der Waals surface area contributed by atoms with Crippen LogP contribution in [0.5, 0.6) is 0 Å². The van der Waals surface area contributed by atoms with E-state index in [1.54, 1.807) is 4.68 Å². The van der Waals surface area contributed by atoms with E-state index in [1.165, 1.54) is 0 Å². The first-order valence-electron chi connectivity index (χ1n) is 5.73. The summed E-state index contributed by atoms with van der Waals surface area (Å²) < 4.78 is 1.80. The average Bonchev–Trinajstić information content (AvgIpc) is 2.62. The zero-order chi connectivity index (χ0) is 12.4. The maximum absolute atomic E-state index is 6.21. The number of hydrogen-bond acceptors (Lipinski definition) is 3. The van der Waals surface area contributed by atoms with Gasteiger partial charge in [-0.15, -0.1) is 0 Å². The lowest BCUT2D eigenvalue weighted by molar-refractivity contribution is 0.715. The minimum Gasteiger partial charge on any atom is -0.324 e. The van der Waals surface area contributed by atoms with Gasteiger partial charge in [0.05, 0.1) is 6.20 Å². The van der Waals surface area contributed by atoms with Crippen molar-refractivity contribution in [3.63, 3.8) is 0 Å². The molecule has 0 fully saturated rings. The van der Waals surface area contributed by atoms with Gasteiger partial charge < -0.3 is 5.73 Å². The minimum absolute atomic E-state index is 0.000370. The number of pyridine rings is 1. The Morgan fingerprint density at radius 2 is 1.94 bits per heavy atom. The van der Waals surface area contributed by atoms with Crippen molar-refractivity contribution in [2.24, 2.45) is 12.8 Å². The molecule has 90 valence electrons. The summed E-state index contributed by atoms with van der Waals surface area (Å²) >= 11 is 0. The van der Waals surface area contributed by atoms with Crippen molar-refractivity contribution in [3.8, 4) is 0 Å². The number of aryl methyl sites for hydroxylation is 3. The molecule has 0 saturated carbocycles. The Labute approximate surface area is 101 Å². The molecule has 2 aromatic rings. The van der Waals surface area contributed by atoms with Crippen LogP contribution >= 0.6 is 0 Å². The first kappa shape index (κ1) is 11.8. The molecule has 2 N–H and O–H groups in total. The molecule has 0 spiro atoms. The fourth-order valence-electron chi connectivity index (χ4n) is 2.03. The lowest BCUT2D eigenvalue weighted by atomic mass is 10.0. The van der Waals surface area contributed by atoms with Gasteiger partial charge in [0.1, 0.15) is 0 Å². The van der Waals surface area contributed by atoms with Crippen LogP contribution in [-0.4, -0.2) is 14.8 Å². The molecular formula is C13H18N4. The van der Waals surface area contributed by atoms with Crippen molar-refractivity contribution in [3.05, 3.63) is 47.0 Å². The van der Waals surface area contributed by atoms with Crippen molar-refractivity contribution in [2.75, 3.05) is 0 Å². The molecule has 4 heteroatoms. The fourth-order valence-corrected chi connectivity index (χ4v) is 2.03. The van der Waals surface area contributed by atoms with Gasteiger partial charge in [-0.05, 0) is 43.5 Å². The number of rotatable bonds is 3. The van der Waals surface area contributed by atoms with Gasteiger partial charge in [-0.1, -0.05) is 0 Å². The molecule has 0 aliphatic carbocycles. The number of hydrogen-bond donors (Lipinski definition) is 1. The molecular weight excluding hydrogens is 212 g/mol. The third kappa shape index (κ3) is 2.91. The zero-order valence-electron chi connectivity index (χ0n) is 10.5. The normalized spacial score (nSPS) is 12.7. The van der Waals surface area contributed by atoms with Gasteiger partial charge in [-0.2, -0.15) is 5.10 Å². The van der Waals surface area contributed by atoms with Gasteiger partial charge in [0, 0.05) is 30.7 Å². The fraction of sp³-hybridized carbons (Fsp3) is 0.385. The highest BCUT2D eigenvalue weighted by atomic mass is 15.2. The first-order chi connectivity index (χ1) is 8.04. The molecule has 17 heavy (non-hydrogen) atoms. The van der Waals surface area contributed by atoms with Crippen LogP contribution in [0, 0.1) is 13.8 Å². The zero-order valence-corrected chi connectivity index (χ0v) is 10.5. The Balaban J connectivity index is 2.16. The van der Waals surface area contributed by atoms with Gasteiger partial charge in [-0.3, -0.25) is 9.67 Å². The van der Waals surface area contributed by atoms with E-state index in [9.17, 15) is 0 Å². The van der Waals surface area contributed by atoms with Gasteiger partial charge >= 0.3 is 0 Å². The summed E-state index contributed by atoms with van der Waals surface area (Å²) in [5.74, 6) is 0. The van der Waals surface area contributed by atoms with Crippen LogP contribution in [0.15, 0.2) is 24.5 Å². The largest absolute Gasteiger partial charge is 0.324 e. The molecule has 0 radical (unpaired) electrons. The van der Waals surface area contributed by atoms with Crippen molar-refractivity contribution in [2.45, 2.75) is 26.3 Å². The topological polar surface area (TPSA) is 56.7 Å². The lowest BCUT2D eigenvalue weighted by Gasteiger charge is -2.12. The van der Waals surface area contributed by atoms with E-state index in [1.807, 2.05) is 45.4 Å². The molecule has 0 amide bonds. The minimum atomic E-state index is -0.000370. The Morgan fingerprint density at radius 3 is 2.47 bits per heavy atom. The highest BCUT2D eigenvalue weighted by molar-refractivity contribution is 5.25. The van der Waals surface area contributed by atoms with E-state index >= 15 is 0 Å². The van der Waals surface area contributed by atoms with Crippen LogP contribution in [0.3, 0.4) is 0 Å². The molecule has 2 rings (SSSR count). The number of aromatic nitrogens is 3. The summed E-state index contributed by atoms with van der Waals surface area (Å²) in [6.45, 7) is 3.99. The molecule has 4 nitrogen and oxygen atoms in total. The highest BCUT2D eigenvalue weighted by Crippen LogP contribution is 2.17. The number of nitrogens with two attached hydrogens (primary N) is 1. The molecule has 0 bridgehead atoms. The maximum Gasteiger partial charge on any atom is 0.0522 e. The second-order valence-electron chi connectivity index (χ2n) is 4.52. The Hall–Kier alpha value is -1.68. The summed E-state index contributed by atoms with van der Waals surface area (Å²) in [7, 11) is 1.91. The van der Waals surface area contributed by atoms with Gasteiger partial charge in [-0.25, -0.2) is 0 Å². The second kappa shape index (κ2) is 4.67. The van der Waals surface area contributed by atoms with Crippen LogP contribution in [0.25, 0.3) is 0 Å². The standard InChI is InChI=1S/C13H18N4/c1-9-4-12(5-10(2)16-9)13(14)6-11-7-15-17(3)8-11/h4-5,7-8,13H,6,14H2,1-3H3. The molecule has 0 saturated heterocycles. The first-order valence-corrected chi connectivity index (χ1v) is 5.73. The van der Waals surface area contributed by atoms with E-state index in [4.69, 9.17) is 5.73 Å². The van der Waals surface area contributed by atoms with Crippen molar-refractivity contribution < 1.29 is 0 Å². The average molecular weight is 230 g/mol. The summed E-state index contributed by atoms with van der Waals surface area (Å²) in [6, 6.07) is 4.10. The van der Waals surface area contributed by atoms with E-state index < -0.39 is 0 Å². The van der Waals surface area contributed by atoms with E-state index in [-0.39, 0.29) is 6.04 Å². The van der Waals surface area contributed by atoms with Crippen molar-refractivity contribution in [1.29, 1.82) is 0 Å². The van der Waals surface area contributed by atoms with Crippen LogP contribution in [-0.2, 0) is 13.5 Å². The second-order valence-corrected chi connectivity index (χ2v) is 4.52. The van der Waals surface area contributed by atoms with Crippen LogP contribution in [0.2, 0.25) is 0 Å². The summed E-state index contributed by atoms with van der Waals surface area (Å²) in [5, 5.41) is 4.15. The quantitative estimate of drug-likeness (QED) is 0.872. The Bertz CT molecular complexity index is 496. The summed E-state index contributed by atoms with van der Waals surface area (Å²) in [5.41, 5.74) is 10.5. The highest BCUT2D eigenvalue weighted by Gasteiger charge is 2.09. The SMILES string of the molecule is Cc1cc(C(N)Cc2cnn(C)c2)cc(C)n1. The summed E-state index contributed by atoms with van der Waals surface area (Å²) in [6.07, 6.45) is 4.66. The van der Waals surface area contributed by atoms with E-state index in [2.05, 4.69) is 10.1 Å². The van der Waals surface area contributed by atoms with Gasteiger partial charge in [0.25, 0.3) is 0 Å². The Kier molecular flexibility index (Phi) is 3.24. The predicted octanol–water partition coefficient (Wildman–Crippen LogP) is 1.67. The predicted molar refractivity (Wildman–Crippen MR) is 67.6 cm³/mol. The van der Waals surface area contributed by atoms with Crippen LogP contribution in [0.1, 0.15) is 28.6 Å². The van der Waals surface area contributed by atoms with Crippen LogP contribution in [0.4, 0.5) is 0 Å². The third-order valence-electron chi connectivity index (χ3n) is 2.75. The molecule has 0 aliphatic rings. The van der Waals surface area contributed by atoms with Gasteiger partial charge in [0.15, 0.2) is 0 Å². The maximum atomic E-state index is 6.21. The van der Waals surface area contributed by atoms with Gasteiger partial charge in [0.2, 0.25) is 0 Å². The van der Waals surface area contributed by atoms with E-state index in [0.717, 1.165) is 28.9 Å². The number of nitrogens with zero attached hydrogens (tertiary/aromatic N) is 3. The smallest absolute Gasteiger partial charge is 0.0522 e. The molecule has 2 aromatic heterocycles. The van der Waals surface area contributed by atoms with Crippen molar-refractivity contribution >= 4 is 0 Å². The van der Waals surface area contributed by atoms with Crippen LogP contribution < -0.4 is 5.73 Å². The molecule has 1 unspecified atom stereocenters. The summed E-state index contributed by atoms with van der Waals surface area (Å²) in [4.78, 5) is 4.36. The third-order valence-corrected chi connectivity index (χ3v) is 2.75. The molecule has 1 atom stereocenters. The molecule has 0 aliphatic heterocycles. The molecule has 2 heterocycles. The Morgan fingerprint density at radius 1 is 1.29 bits per heavy atom. The lowest BCUT2D eigenvalue weighted by Crippen LogP contribution is -2.14. The van der Waals surface area contributed by atoms with E-state index in [0.29, 0.717) is 0 Å². The molecule has 0 aromatic carbocycles.